The molecule has 0 unspecified atom stereocenters. The molecular weight excluding hydrogens is 338 g/mol. The van der Waals surface area contributed by atoms with Crippen LogP contribution >= 0.6 is 11.6 Å². The summed E-state index contributed by atoms with van der Waals surface area (Å²) < 4.78 is 0. The largest absolute Gasteiger partial charge is 0.336 e. The highest BCUT2D eigenvalue weighted by molar-refractivity contribution is 6.34. The van der Waals surface area contributed by atoms with Crippen molar-refractivity contribution in [3.8, 4) is 0 Å². The number of nitrogens with one attached hydrogen (secondary N) is 1. The lowest BCUT2D eigenvalue weighted by molar-refractivity contribution is 0.0664. The molecule has 1 fully saturated rings. The lowest BCUT2D eigenvalue weighted by atomic mass is 10.1. The highest BCUT2D eigenvalue weighted by Crippen LogP contribution is 2.18. The van der Waals surface area contributed by atoms with E-state index in [-0.39, 0.29) is 11.8 Å². The van der Waals surface area contributed by atoms with Crippen LogP contribution in [0.25, 0.3) is 0 Å². The number of hydrogen-bond acceptors (Lipinski definition) is 3. The number of carbonyl (C=O) groups is 2. The third-order valence-electron chi connectivity index (χ3n) is 4.30. The third-order valence-corrected chi connectivity index (χ3v) is 4.63. The van der Waals surface area contributed by atoms with Crippen molar-refractivity contribution in [2.45, 2.75) is 0 Å². The summed E-state index contributed by atoms with van der Waals surface area (Å²) in [4.78, 5) is 28.8. The highest BCUT2D eigenvalue weighted by atomic mass is 35.5. The molecule has 2 aromatic carbocycles. The number of rotatable bonds is 3. The minimum Gasteiger partial charge on any atom is -0.336 e. The smallest absolute Gasteiger partial charge is 0.257 e. The molecule has 25 heavy (non-hydrogen) atoms. The zero-order valence-electron chi connectivity index (χ0n) is 14.0. The molecule has 130 valence electrons. The van der Waals surface area contributed by atoms with Crippen LogP contribution in [0.3, 0.4) is 0 Å². The van der Waals surface area contributed by atoms with Gasteiger partial charge in [-0.1, -0.05) is 23.7 Å². The van der Waals surface area contributed by atoms with Gasteiger partial charge in [-0.3, -0.25) is 9.59 Å². The third kappa shape index (κ3) is 4.18. The molecule has 5 nitrogen and oxygen atoms in total. The summed E-state index contributed by atoms with van der Waals surface area (Å²) >= 11 is 6.03. The van der Waals surface area contributed by atoms with E-state index in [1.165, 1.54) is 0 Å². The summed E-state index contributed by atoms with van der Waals surface area (Å²) in [5.41, 5.74) is 1.67. The van der Waals surface area contributed by atoms with Gasteiger partial charge < -0.3 is 15.1 Å². The quantitative estimate of drug-likeness (QED) is 0.918. The Kier molecular flexibility index (Phi) is 5.36. The van der Waals surface area contributed by atoms with E-state index in [9.17, 15) is 9.59 Å². The molecule has 3 rings (SSSR count). The summed E-state index contributed by atoms with van der Waals surface area (Å²) in [6.45, 7) is 3.25. The average molecular weight is 358 g/mol. The molecule has 1 saturated heterocycles. The van der Waals surface area contributed by atoms with E-state index < -0.39 is 0 Å². The van der Waals surface area contributed by atoms with Gasteiger partial charge in [0.25, 0.3) is 11.8 Å². The standard InChI is InChI=1S/C19H20ClN3O2/c1-22-10-12-23(13-11-22)19(25)14-6-8-15(9-7-14)21-18(24)16-4-2-3-5-17(16)20/h2-9H,10-13H2,1H3,(H,21,24). The summed E-state index contributed by atoms with van der Waals surface area (Å²) in [5.74, 6) is -0.249. The topological polar surface area (TPSA) is 52.6 Å². The average Bonchev–Trinajstić information content (AvgIpc) is 2.63. The van der Waals surface area contributed by atoms with Crippen molar-refractivity contribution in [1.82, 2.24) is 9.80 Å². The van der Waals surface area contributed by atoms with Gasteiger partial charge in [-0.05, 0) is 43.4 Å². The van der Waals surface area contributed by atoms with E-state index >= 15 is 0 Å². The predicted molar refractivity (Wildman–Crippen MR) is 99.2 cm³/mol. The molecule has 0 atom stereocenters. The molecule has 6 heteroatoms. The number of nitrogens with zero attached hydrogens (tertiary/aromatic N) is 2. The maximum Gasteiger partial charge on any atom is 0.257 e. The van der Waals surface area contributed by atoms with Crippen LogP contribution in [0.5, 0.6) is 0 Å². The molecule has 0 radical (unpaired) electrons. The molecule has 1 N–H and O–H groups in total. The fraction of sp³-hybridized carbons (Fsp3) is 0.263. The molecule has 0 spiro atoms. The van der Waals surface area contributed by atoms with Crippen LogP contribution in [0.15, 0.2) is 48.5 Å². The van der Waals surface area contributed by atoms with Gasteiger partial charge in [-0.15, -0.1) is 0 Å². The lowest BCUT2D eigenvalue weighted by Crippen LogP contribution is -2.47. The van der Waals surface area contributed by atoms with Crippen LogP contribution in [-0.4, -0.2) is 54.8 Å². The van der Waals surface area contributed by atoms with E-state index in [0.717, 1.165) is 26.2 Å². The first-order valence-electron chi connectivity index (χ1n) is 8.18. The second-order valence-electron chi connectivity index (χ2n) is 6.11. The van der Waals surface area contributed by atoms with E-state index in [4.69, 9.17) is 11.6 Å². The van der Waals surface area contributed by atoms with Crippen molar-refractivity contribution < 1.29 is 9.59 Å². The minimum absolute atomic E-state index is 0.0251. The second kappa shape index (κ2) is 7.68. The molecule has 0 bridgehead atoms. The fourth-order valence-electron chi connectivity index (χ4n) is 2.73. The monoisotopic (exact) mass is 357 g/mol. The van der Waals surface area contributed by atoms with Crippen molar-refractivity contribution in [3.05, 3.63) is 64.7 Å². The zero-order chi connectivity index (χ0) is 17.8. The number of carbonyl (C=O) groups excluding carboxylic acids is 2. The van der Waals surface area contributed by atoms with Gasteiger partial charge in [0, 0.05) is 37.4 Å². The Labute approximate surface area is 152 Å². The number of halogens is 1. The number of anilines is 1. The number of benzene rings is 2. The van der Waals surface area contributed by atoms with Gasteiger partial charge in [0.1, 0.15) is 0 Å². The van der Waals surface area contributed by atoms with Gasteiger partial charge in [0.2, 0.25) is 0 Å². The first-order valence-corrected chi connectivity index (χ1v) is 8.56. The zero-order valence-corrected chi connectivity index (χ0v) is 14.8. The number of hydrogen-bond donors (Lipinski definition) is 1. The van der Waals surface area contributed by atoms with E-state index in [0.29, 0.717) is 21.8 Å². The van der Waals surface area contributed by atoms with Crippen LogP contribution in [0.4, 0.5) is 5.69 Å². The first-order chi connectivity index (χ1) is 12.0. The van der Waals surface area contributed by atoms with Crippen LogP contribution in [0.1, 0.15) is 20.7 Å². The molecule has 0 saturated carbocycles. The fourth-order valence-corrected chi connectivity index (χ4v) is 2.95. The van der Waals surface area contributed by atoms with Crippen LogP contribution in [-0.2, 0) is 0 Å². The van der Waals surface area contributed by atoms with E-state index in [1.54, 1.807) is 48.5 Å². The van der Waals surface area contributed by atoms with Crippen molar-refractivity contribution in [3.63, 3.8) is 0 Å². The molecule has 2 amide bonds. The maximum atomic E-state index is 12.5. The Hall–Kier alpha value is -2.37. The van der Waals surface area contributed by atoms with Crippen LogP contribution in [0.2, 0.25) is 5.02 Å². The van der Waals surface area contributed by atoms with Crippen molar-refractivity contribution >= 4 is 29.1 Å². The van der Waals surface area contributed by atoms with Gasteiger partial charge >= 0.3 is 0 Å². The van der Waals surface area contributed by atoms with Crippen LogP contribution in [0, 0.1) is 0 Å². The van der Waals surface area contributed by atoms with Crippen molar-refractivity contribution in [1.29, 1.82) is 0 Å². The van der Waals surface area contributed by atoms with Gasteiger partial charge in [-0.25, -0.2) is 0 Å². The number of piperazine rings is 1. The summed E-state index contributed by atoms with van der Waals surface area (Å²) in [7, 11) is 2.05. The molecule has 2 aromatic rings. The second-order valence-corrected chi connectivity index (χ2v) is 6.51. The lowest BCUT2D eigenvalue weighted by Gasteiger charge is -2.32. The van der Waals surface area contributed by atoms with Crippen molar-refractivity contribution in [2.75, 3.05) is 38.5 Å². The highest BCUT2D eigenvalue weighted by Gasteiger charge is 2.20. The maximum absolute atomic E-state index is 12.5. The van der Waals surface area contributed by atoms with Gasteiger partial charge in [0.15, 0.2) is 0 Å². The predicted octanol–water partition coefficient (Wildman–Crippen LogP) is 2.98. The summed E-state index contributed by atoms with van der Waals surface area (Å²) in [6.07, 6.45) is 0. The SMILES string of the molecule is CN1CCN(C(=O)c2ccc(NC(=O)c3ccccc3Cl)cc2)CC1. The molecule has 1 aliphatic heterocycles. The Bertz CT molecular complexity index is 768. The Morgan fingerprint density at radius 2 is 1.60 bits per heavy atom. The summed E-state index contributed by atoms with van der Waals surface area (Å²) in [5, 5.41) is 3.20. The molecule has 1 heterocycles. The molecule has 0 aromatic heterocycles. The number of likely N-dealkylation sites (N-methyl/N-ethyl adjacent to an activating group) is 1. The van der Waals surface area contributed by atoms with Gasteiger partial charge in [-0.2, -0.15) is 0 Å². The van der Waals surface area contributed by atoms with E-state index in [2.05, 4.69) is 17.3 Å². The molecule has 0 aliphatic carbocycles. The van der Waals surface area contributed by atoms with E-state index in [1.807, 2.05) is 4.90 Å². The van der Waals surface area contributed by atoms with Gasteiger partial charge in [0.05, 0.1) is 10.6 Å². The van der Waals surface area contributed by atoms with Crippen molar-refractivity contribution in [2.24, 2.45) is 0 Å². The Balaban J connectivity index is 1.65. The minimum atomic E-state index is -0.274. The first kappa shape index (κ1) is 17.5. The molecule has 1 aliphatic rings. The normalized spacial score (nSPS) is 15.0. The molecular formula is C19H20ClN3O2. The Morgan fingerprint density at radius 1 is 0.960 bits per heavy atom. The summed E-state index contributed by atoms with van der Waals surface area (Å²) in [6, 6.07) is 13.8. The van der Waals surface area contributed by atoms with Crippen LogP contribution < -0.4 is 5.32 Å². The Morgan fingerprint density at radius 3 is 2.24 bits per heavy atom. The number of amides is 2.